The fourth-order valence-electron chi connectivity index (χ4n) is 2.24. The Labute approximate surface area is 154 Å². The van der Waals surface area contributed by atoms with E-state index in [1.54, 1.807) is 12.1 Å². The Morgan fingerprint density at radius 2 is 2.00 bits per heavy atom. The summed E-state index contributed by atoms with van der Waals surface area (Å²) in [6, 6.07) is 10.2. The number of benzene rings is 1. The van der Waals surface area contributed by atoms with Crippen molar-refractivity contribution in [2.24, 2.45) is 0 Å². The van der Waals surface area contributed by atoms with Crippen LogP contribution in [-0.2, 0) is 17.8 Å². The van der Waals surface area contributed by atoms with E-state index < -0.39 is 6.61 Å². The predicted molar refractivity (Wildman–Crippen MR) is 95.5 cm³/mol. The number of thiophene rings is 1. The Morgan fingerprint density at radius 1 is 1.28 bits per heavy atom. The lowest BCUT2D eigenvalue weighted by molar-refractivity contribution is -0.122. The highest BCUT2D eigenvalue weighted by Crippen LogP contribution is 2.22. The normalized spacial score (nSPS) is 11.1. The molecular formula is C17H19ClF2N2O2S. The first-order valence-corrected chi connectivity index (χ1v) is 8.85. The average molecular weight is 389 g/mol. The van der Waals surface area contributed by atoms with Crippen LogP contribution in [0.3, 0.4) is 0 Å². The molecule has 0 atom stereocenters. The van der Waals surface area contributed by atoms with E-state index in [1.165, 1.54) is 23.5 Å². The van der Waals surface area contributed by atoms with Crippen molar-refractivity contribution < 1.29 is 18.3 Å². The van der Waals surface area contributed by atoms with Crippen LogP contribution in [0.15, 0.2) is 36.4 Å². The average Bonchev–Trinajstić information content (AvgIpc) is 2.93. The molecule has 0 saturated heterocycles. The standard InChI is InChI=1S/C17H19ClF2N2O2S/c1-22(10-14-6-7-15(18)25-14)11-16(23)21-9-8-12-2-4-13(5-3-12)24-17(19)20/h2-7,17H,8-11H2,1H3,(H,21,23). The van der Waals surface area contributed by atoms with Gasteiger partial charge in [-0.1, -0.05) is 23.7 Å². The maximum absolute atomic E-state index is 12.1. The van der Waals surface area contributed by atoms with E-state index in [0.717, 1.165) is 14.8 Å². The van der Waals surface area contributed by atoms with E-state index >= 15 is 0 Å². The van der Waals surface area contributed by atoms with Crippen molar-refractivity contribution in [3.8, 4) is 5.75 Å². The number of hydrogen-bond donors (Lipinski definition) is 1. The SMILES string of the molecule is CN(CC(=O)NCCc1ccc(OC(F)F)cc1)Cc1ccc(Cl)s1. The Kier molecular flexibility index (Phi) is 7.61. The van der Waals surface area contributed by atoms with Gasteiger partial charge >= 0.3 is 6.61 Å². The second kappa shape index (κ2) is 9.70. The summed E-state index contributed by atoms with van der Waals surface area (Å²) in [5.74, 6) is 0.0564. The van der Waals surface area contributed by atoms with Crippen LogP contribution in [0.2, 0.25) is 4.34 Å². The Balaban J connectivity index is 1.67. The second-order valence-electron chi connectivity index (χ2n) is 5.50. The highest BCUT2D eigenvalue weighted by Gasteiger charge is 2.08. The summed E-state index contributed by atoms with van der Waals surface area (Å²) in [4.78, 5) is 14.9. The minimum Gasteiger partial charge on any atom is -0.435 e. The van der Waals surface area contributed by atoms with E-state index in [1.807, 2.05) is 24.1 Å². The third-order valence-electron chi connectivity index (χ3n) is 3.35. The fraction of sp³-hybridized carbons (Fsp3) is 0.353. The summed E-state index contributed by atoms with van der Waals surface area (Å²) in [7, 11) is 1.87. The number of carbonyl (C=O) groups is 1. The van der Waals surface area contributed by atoms with Gasteiger partial charge in [-0.25, -0.2) is 0 Å². The Bertz CT molecular complexity index is 680. The number of halogens is 3. The molecule has 0 aliphatic carbocycles. The number of ether oxygens (including phenoxy) is 1. The third-order valence-corrected chi connectivity index (χ3v) is 4.57. The topological polar surface area (TPSA) is 41.6 Å². The quantitative estimate of drug-likeness (QED) is 0.710. The molecule has 0 saturated carbocycles. The van der Waals surface area contributed by atoms with E-state index in [0.29, 0.717) is 19.5 Å². The molecule has 1 amide bonds. The van der Waals surface area contributed by atoms with Gasteiger partial charge in [0.05, 0.1) is 10.9 Å². The lowest BCUT2D eigenvalue weighted by Crippen LogP contribution is -2.35. The summed E-state index contributed by atoms with van der Waals surface area (Å²) >= 11 is 7.38. The molecular weight excluding hydrogens is 370 g/mol. The highest BCUT2D eigenvalue weighted by molar-refractivity contribution is 7.16. The summed E-state index contributed by atoms with van der Waals surface area (Å²) in [6.45, 7) is -1.40. The summed E-state index contributed by atoms with van der Waals surface area (Å²) < 4.78 is 29.2. The molecule has 1 N–H and O–H groups in total. The molecule has 0 aliphatic heterocycles. The smallest absolute Gasteiger partial charge is 0.387 e. The maximum atomic E-state index is 12.1. The van der Waals surface area contributed by atoms with Crippen LogP contribution in [0, 0.1) is 0 Å². The number of carbonyl (C=O) groups excluding carboxylic acids is 1. The first kappa shape index (κ1) is 19.6. The van der Waals surface area contributed by atoms with Gasteiger partial charge in [0.2, 0.25) is 5.91 Å². The zero-order chi connectivity index (χ0) is 18.2. The van der Waals surface area contributed by atoms with Crippen LogP contribution in [0.5, 0.6) is 5.75 Å². The van der Waals surface area contributed by atoms with Gasteiger partial charge in [0.25, 0.3) is 0 Å². The molecule has 0 radical (unpaired) electrons. The molecule has 2 aromatic rings. The highest BCUT2D eigenvalue weighted by atomic mass is 35.5. The van der Waals surface area contributed by atoms with Crippen molar-refractivity contribution >= 4 is 28.8 Å². The van der Waals surface area contributed by atoms with Crippen molar-refractivity contribution in [1.82, 2.24) is 10.2 Å². The van der Waals surface area contributed by atoms with Gasteiger partial charge in [-0.2, -0.15) is 8.78 Å². The molecule has 4 nitrogen and oxygen atoms in total. The first-order valence-electron chi connectivity index (χ1n) is 7.65. The van der Waals surface area contributed by atoms with Crippen molar-refractivity contribution in [2.75, 3.05) is 20.1 Å². The summed E-state index contributed by atoms with van der Waals surface area (Å²) in [6.07, 6.45) is 0.616. The maximum Gasteiger partial charge on any atom is 0.387 e. The van der Waals surface area contributed by atoms with Crippen LogP contribution in [0.4, 0.5) is 8.78 Å². The zero-order valence-corrected chi connectivity index (χ0v) is 15.2. The lowest BCUT2D eigenvalue weighted by atomic mass is 10.1. The minimum absolute atomic E-state index is 0.0668. The minimum atomic E-state index is -2.83. The molecule has 8 heteroatoms. The molecule has 0 unspecified atom stereocenters. The van der Waals surface area contributed by atoms with Gasteiger partial charge in [-0.15, -0.1) is 11.3 Å². The first-order chi connectivity index (χ1) is 11.9. The zero-order valence-electron chi connectivity index (χ0n) is 13.7. The number of nitrogens with one attached hydrogen (secondary N) is 1. The Morgan fingerprint density at radius 3 is 2.60 bits per heavy atom. The summed E-state index contributed by atoms with van der Waals surface area (Å²) in [5.41, 5.74) is 0.934. The molecule has 25 heavy (non-hydrogen) atoms. The second-order valence-corrected chi connectivity index (χ2v) is 7.30. The molecule has 1 aromatic heterocycles. The Hall–Kier alpha value is -1.70. The number of hydrogen-bond acceptors (Lipinski definition) is 4. The molecule has 136 valence electrons. The molecule has 1 aromatic carbocycles. The van der Waals surface area contributed by atoms with Crippen molar-refractivity contribution in [1.29, 1.82) is 0 Å². The molecule has 2 rings (SSSR count). The lowest BCUT2D eigenvalue weighted by Gasteiger charge is -2.15. The van der Waals surface area contributed by atoms with Crippen LogP contribution in [0.1, 0.15) is 10.4 Å². The number of alkyl halides is 2. The molecule has 0 spiro atoms. The van der Waals surface area contributed by atoms with Crippen LogP contribution in [-0.4, -0.2) is 37.6 Å². The predicted octanol–water partition coefficient (Wildman–Crippen LogP) is 3.79. The fourth-order valence-corrected chi connectivity index (χ4v) is 3.41. The number of likely N-dealkylation sites (N-methyl/N-ethyl adjacent to an activating group) is 1. The van der Waals surface area contributed by atoms with E-state index in [2.05, 4.69) is 10.1 Å². The van der Waals surface area contributed by atoms with Gasteiger partial charge in [0, 0.05) is 18.0 Å². The van der Waals surface area contributed by atoms with E-state index in [4.69, 9.17) is 11.6 Å². The van der Waals surface area contributed by atoms with Gasteiger partial charge in [-0.3, -0.25) is 9.69 Å². The monoisotopic (exact) mass is 388 g/mol. The largest absolute Gasteiger partial charge is 0.435 e. The van der Waals surface area contributed by atoms with E-state index in [-0.39, 0.29) is 18.2 Å². The van der Waals surface area contributed by atoms with Crippen molar-refractivity contribution in [3.05, 3.63) is 51.2 Å². The van der Waals surface area contributed by atoms with Crippen LogP contribution < -0.4 is 10.1 Å². The molecule has 0 aliphatic rings. The molecule has 0 bridgehead atoms. The van der Waals surface area contributed by atoms with Crippen molar-refractivity contribution in [3.63, 3.8) is 0 Å². The number of nitrogens with zero attached hydrogens (tertiary/aromatic N) is 1. The third kappa shape index (κ3) is 7.37. The van der Waals surface area contributed by atoms with Gasteiger partial charge in [-0.05, 0) is 43.3 Å². The van der Waals surface area contributed by atoms with Gasteiger partial charge in [0.15, 0.2) is 0 Å². The van der Waals surface area contributed by atoms with Crippen molar-refractivity contribution in [2.45, 2.75) is 19.6 Å². The molecule has 0 fully saturated rings. The molecule has 1 heterocycles. The number of rotatable bonds is 9. The summed E-state index contributed by atoms with van der Waals surface area (Å²) in [5, 5.41) is 2.85. The van der Waals surface area contributed by atoms with Gasteiger partial charge in [0.1, 0.15) is 5.75 Å². The van der Waals surface area contributed by atoms with Crippen LogP contribution in [0.25, 0.3) is 0 Å². The van der Waals surface area contributed by atoms with Crippen LogP contribution >= 0.6 is 22.9 Å². The number of amides is 1. The van der Waals surface area contributed by atoms with Gasteiger partial charge < -0.3 is 10.1 Å². The van der Waals surface area contributed by atoms with E-state index in [9.17, 15) is 13.6 Å².